The first-order valence-corrected chi connectivity index (χ1v) is 7.81. The Morgan fingerprint density at radius 3 is 2.95 bits per heavy atom. The standard InChI is InChI=1S/C16H21N3O/c1-10-6-8-12-15(17-10)19-13-5-3-2-4-11(13)7-9-14(19)16(20)18-12/h6,8,11,13-14H,2-5,7,9H2,1H3,(H,18,20). The molecule has 1 saturated heterocycles. The minimum absolute atomic E-state index is 0.00356. The minimum atomic E-state index is -0.00356. The summed E-state index contributed by atoms with van der Waals surface area (Å²) in [6.45, 7) is 2.02. The second-order valence-corrected chi connectivity index (χ2v) is 6.43. The van der Waals surface area contributed by atoms with Crippen molar-refractivity contribution in [1.29, 1.82) is 0 Å². The summed E-state index contributed by atoms with van der Waals surface area (Å²) in [5.74, 6) is 1.92. The molecule has 106 valence electrons. The third-order valence-electron chi connectivity index (χ3n) is 5.19. The molecular formula is C16H21N3O. The molecule has 1 aliphatic carbocycles. The van der Waals surface area contributed by atoms with Gasteiger partial charge in [-0.3, -0.25) is 4.79 Å². The number of piperidine rings is 1. The highest BCUT2D eigenvalue weighted by Gasteiger charge is 2.45. The van der Waals surface area contributed by atoms with E-state index in [0.29, 0.717) is 6.04 Å². The van der Waals surface area contributed by atoms with Crippen molar-refractivity contribution in [3.8, 4) is 0 Å². The summed E-state index contributed by atoms with van der Waals surface area (Å²) in [6, 6.07) is 4.48. The summed E-state index contributed by atoms with van der Waals surface area (Å²) in [6.07, 6.45) is 7.33. The van der Waals surface area contributed by atoms with E-state index in [1.807, 2.05) is 19.1 Å². The maximum Gasteiger partial charge on any atom is 0.247 e. The SMILES string of the molecule is Cc1ccc2c(n1)N1C(CCC3CCCCC31)C(=O)N2. The van der Waals surface area contributed by atoms with Crippen molar-refractivity contribution in [2.75, 3.05) is 10.2 Å². The van der Waals surface area contributed by atoms with Gasteiger partial charge in [-0.15, -0.1) is 0 Å². The Balaban J connectivity index is 1.80. The van der Waals surface area contributed by atoms with Crippen LogP contribution < -0.4 is 10.2 Å². The normalized spacial score (nSPS) is 31.9. The molecule has 4 rings (SSSR count). The van der Waals surface area contributed by atoms with Crippen molar-refractivity contribution >= 4 is 17.4 Å². The average molecular weight is 271 g/mol. The van der Waals surface area contributed by atoms with Crippen molar-refractivity contribution in [2.24, 2.45) is 5.92 Å². The van der Waals surface area contributed by atoms with Crippen LogP contribution in [-0.2, 0) is 4.79 Å². The number of carbonyl (C=O) groups is 1. The minimum Gasteiger partial charge on any atom is -0.340 e. The number of anilines is 2. The molecule has 1 aromatic rings. The van der Waals surface area contributed by atoms with E-state index in [9.17, 15) is 4.79 Å². The van der Waals surface area contributed by atoms with Gasteiger partial charge in [-0.25, -0.2) is 4.98 Å². The fraction of sp³-hybridized carbons (Fsp3) is 0.625. The van der Waals surface area contributed by atoms with E-state index < -0.39 is 0 Å². The number of carbonyl (C=O) groups excluding carboxylic acids is 1. The molecule has 0 spiro atoms. The Kier molecular flexibility index (Phi) is 2.72. The van der Waals surface area contributed by atoms with Gasteiger partial charge in [0.1, 0.15) is 6.04 Å². The lowest BCUT2D eigenvalue weighted by Gasteiger charge is -2.50. The first kappa shape index (κ1) is 12.2. The van der Waals surface area contributed by atoms with Gasteiger partial charge in [0.05, 0.1) is 5.69 Å². The summed E-state index contributed by atoms with van der Waals surface area (Å²) < 4.78 is 0. The van der Waals surface area contributed by atoms with Crippen molar-refractivity contribution in [1.82, 2.24) is 4.98 Å². The number of aromatic nitrogens is 1. The Hall–Kier alpha value is -1.58. The molecule has 1 aromatic heterocycles. The smallest absolute Gasteiger partial charge is 0.247 e. The lowest BCUT2D eigenvalue weighted by Crippen LogP contribution is -2.59. The number of aryl methyl sites for hydroxylation is 1. The number of fused-ring (bicyclic) bond motifs is 5. The van der Waals surface area contributed by atoms with E-state index in [4.69, 9.17) is 4.98 Å². The Morgan fingerprint density at radius 2 is 2.05 bits per heavy atom. The number of hydrogen-bond donors (Lipinski definition) is 1. The molecule has 1 amide bonds. The van der Waals surface area contributed by atoms with Crippen LogP contribution in [0.15, 0.2) is 12.1 Å². The third kappa shape index (κ3) is 1.74. The van der Waals surface area contributed by atoms with E-state index in [2.05, 4.69) is 10.2 Å². The number of nitrogens with zero attached hydrogens (tertiary/aromatic N) is 2. The van der Waals surface area contributed by atoms with Gasteiger partial charge >= 0.3 is 0 Å². The number of nitrogens with one attached hydrogen (secondary N) is 1. The van der Waals surface area contributed by atoms with Crippen LogP contribution in [0.4, 0.5) is 11.5 Å². The first-order valence-electron chi connectivity index (χ1n) is 7.81. The highest BCUT2D eigenvalue weighted by atomic mass is 16.2. The quantitative estimate of drug-likeness (QED) is 0.789. The lowest BCUT2D eigenvalue weighted by molar-refractivity contribution is -0.118. The number of hydrogen-bond acceptors (Lipinski definition) is 3. The van der Waals surface area contributed by atoms with Crippen LogP contribution >= 0.6 is 0 Å². The van der Waals surface area contributed by atoms with Gasteiger partial charge in [0.25, 0.3) is 0 Å². The summed E-state index contributed by atoms with van der Waals surface area (Å²) >= 11 is 0. The van der Waals surface area contributed by atoms with Gasteiger partial charge in [-0.05, 0) is 50.7 Å². The number of rotatable bonds is 0. The average Bonchev–Trinajstić information content (AvgIpc) is 2.47. The predicted octanol–water partition coefficient (Wildman–Crippen LogP) is 2.87. The van der Waals surface area contributed by atoms with Gasteiger partial charge in [0.15, 0.2) is 5.82 Å². The van der Waals surface area contributed by atoms with Crippen LogP contribution in [0.2, 0.25) is 0 Å². The lowest BCUT2D eigenvalue weighted by atomic mass is 9.75. The molecule has 1 N–H and O–H groups in total. The van der Waals surface area contributed by atoms with Crippen LogP contribution in [0, 0.1) is 12.8 Å². The molecule has 3 aliphatic rings. The molecular weight excluding hydrogens is 250 g/mol. The molecule has 20 heavy (non-hydrogen) atoms. The molecule has 0 aromatic carbocycles. The zero-order chi connectivity index (χ0) is 13.7. The Bertz CT molecular complexity index is 557. The van der Waals surface area contributed by atoms with Crippen LogP contribution in [0.3, 0.4) is 0 Å². The summed E-state index contributed by atoms with van der Waals surface area (Å²) in [7, 11) is 0. The topological polar surface area (TPSA) is 45.2 Å². The summed E-state index contributed by atoms with van der Waals surface area (Å²) in [4.78, 5) is 19.5. The monoisotopic (exact) mass is 271 g/mol. The fourth-order valence-corrected chi connectivity index (χ4v) is 4.25. The van der Waals surface area contributed by atoms with Gasteiger partial charge in [0, 0.05) is 11.7 Å². The molecule has 4 heteroatoms. The van der Waals surface area contributed by atoms with E-state index in [1.165, 1.54) is 32.1 Å². The second-order valence-electron chi connectivity index (χ2n) is 6.43. The molecule has 4 nitrogen and oxygen atoms in total. The molecule has 0 bridgehead atoms. The molecule has 3 heterocycles. The molecule has 1 saturated carbocycles. The van der Waals surface area contributed by atoms with E-state index >= 15 is 0 Å². The Labute approximate surface area is 119 Å². The van der Waals surface area contributed by atoms with Crippen LogP contribution in [0.5, 0.6) is 0 Å². The van der Waals surface area contributed by atoms with E-state index in [-0.39, 0.29) is 11.9 Å². The van der Waals surface area contributed by atoms with E-state index in [0.717, 1.165) is 29.5 Å². The fourth-order valence-electron chi connectivity index (χ4n) is 4.25. The highest BCUT2D eigenvalue weighted by molar-refractivity contribution is 6.03. The van der Waals surface area contributed by atoms with Crippen LogP contribution in [0.1, 0.15) is 44.2 Å². The van der Waals surface area contributed by atoms with Gasteiger partial charge in [0.2, 0.25) is 5.91 Å². The van der Waals surface area contributed by atoms with Gasteiger partial charge < -0.3 is 10.2 Å². The maximum atomic E-state index is 12.4. The van der Waals surface area contributed by atoms with Crippen molar-refractivity contribution in [3.05, 3.63) is 17.8 Å². The largest absolute Gasteiger partial charge is 0.340 e. The zero-order valence-electron chi connectivity index (χ0n) is 11.9. The molecule has 3 unspecified atom stereocenters. The molecule has 3 atom stereocenters. The zero-order valence-corrected chi connectivity index (χ0v) is 11.9. The van der Waals surface area contributed by atoms with Crippen molar-refractivity contribution in [2.45, 2.75) is 57.5 Å². The second kappa shape index (κ2) is 4.47. The van der Waals surface area contributed by atoms with Gasteiger partial charge in [-0.2, -0.15) is 0 Å². The van der Waals surface area contributed by atoms with Crippen LogP contribution in [-0.4, -0.2) is 23.0 Å². The van der Waals surface area contributed by atoms with E-state index in [1.54, 1.807) is 0 Å². The third-order valence-corrected chi connectivity index (χ3v) is 5.19. The van der Waals surface area contributed by atoms with Crippen molar-refractivity contribution < 1.29 is 4.79 Å². The predicted molar refractivity (Wildman–Crippen MR) is 78.9 cm³/mol. The van der Waals surface area contributed by atoms with Crippen LogP contribution in [0.25, 0.3) is 0 Å². The molecule has 2 fully saturated rings. The highest BCUT2D eigenvalue weighted by Crippen LogP contribution is 2.44. The molecule has 2 aliphatic heterocycles. The number of amides is 1. The summed E-state index contributed by atoms with van der Waals surface area (Å²) in [5, 5.41) is 3.04. The first-order chi connectivity index (χ1) is 9.74. The number of pyridine rings is 1. The van der Waals surface area contributed by atoms with Gasteiger partial charge in [-0.1, -0.05) is 12.8 Å². The summed E-state index contributed by atoms with van der Waals surface area (Å²) in [5.41, 5.74) is 1.92. The molecule has 0 radical (unpaired) electrons. The van der Waals surface area contributed by atoms with Crippen molar-refractivity contribution in [3.63, 3.8) is 0 Å². The maximum absolute atomic E-state index is 12.4. The Morgan fingerprint density at radius 1 is 1.20 bits per heavy atom.